The molecule has 0 aromatic heterocycles. The molecule has 1 fully saturated rings. The average molecular weight is 396 g/mol. The number of nitrogens with one attached hydrogen (secondary N) is 2. The molecule has 154 valence electrons. The Morgan fingerprint density at radius 2 is 1.55 bits per heavy atom. The van der Waals surface area contributed by atoms with Crippen molar-refractivity contribution >= 4 is 11.8 Å². The monoisotopic (exact) mass is 395 g/mol. The Bertz CT molecular complexity index is 813. The maximum atomic E-state index is 12.3. The van der Waals surface area contributed by atoms with Crippen LogP contribution in [0.4, 0.5) is 0 Å². The summed E-state index contributed by atoms with van der Waals surface area (Å²) >= 11 is 0. The van der Waals surface area contributed by atoms with Crippen molar-refractivity contribution in [2.45, 2.75) is 19.4 Å². The maximum Gasteiger partial charge on any atom is 0.251 e. The summed E-state index contributed by atoms with van der Waals surface area (Å²) in [6.07, 6.45) is 0. The highest BCUT2D eigenvalue weighted by atomic mass is 16.5. The van der Waals surface area contributed by atoms with Crippen molar-refractivity contribution in [2.75, 3.05) is 39.4 Å². The first kappa shape index (κ1) is 21.0. The van der Waals surface area contributed by atoms with Crippen LogP contribution in [-0.2, 0) is 9.53 Å². The molecule has 1 aliphatic rings. The minimum absolute atomic E-state index is 0.0432. The third-order valence-electron chi connectivity index (χ3n) is 5.25. The molecule has 0 spiro atoms. The zero-order valence-electron chi connectivity index (χ0n) is 17.1. The summed E-state index contributed by atoms with van der Waals surface area (Å²) in [6, 6.07) is 17.4. The summed E-state index contributed by atoms with van der Waals surface area (Å²) in [5, 5.41) is 5.61. The standard InChI is InChI=1S/C23H29N3O3/c1-23(2,26-12-14-29-15-13-26)17-25-21(27)16-24-22(28)20-10-8-19(9-11-20)18-6-4-3-5-7-18/h3-11H,12-17H2,1-2H3,(H,24,28)(H,25,27). The van der Waals surface area contributed by atoms with Crippen LogP contribution in [-0.4, -0.2) is 61.6 Å². The number of benzene rings is 2. The molecule has 2 aromatic carbocycles. The van der Waals surface area contributed by atoms with Crippen molar-refractivity contribution in [1.82, 2.24) is 15.5 Å². The van der Waals surface area contributed by atoms with Crippen LogP contribution in [0.3, 0.4) is 0 Å². The van der Waals surface area contributed by atoms with E-state index in [2.05, 4.69) is 29.4 Å². The lowest BCUT2D eigenvalue weighted by atomic mass is 10.0. The molecule has 2 N–H and O–H groups in total. The molecule has 0 aliphatic carbocycles. The fourth-order valence-corrected chi connectivity index (χ4v) is 3.37. The highest BCUT2D eigenvalue weighted by Crippen LogP contribution is 2.19. The Morgan fingerprint density at radius 1 is 0.931 bits per heavy atom. The van der Waals surface area contributed by atoms with Gasteiger partial charge < -0.3 is 15.4 Å². The highest BCUT2D eigenvalue weighted by molar-refractivity contribution is 5.96. The first-order chi connectivity index (χ1) is 14.0. The summed E-state index contributed by atoms with van der Waals surface area (Å²) in [6.45, 7) is 7.84. The quantitative estimate of drug-likeness (QED) is 0.755. The molecule has 0 bridgehead atoms. The fourth-order valence-electron chi connectivity index (χ4n) is 3.37. The second kappa shape index (κ2) is 9.67. The molecule has 1 aliphatic heterocycles. The molecule has 1 saturated heterocycles. The molecule has 0 saturated carbocycles. The van der Waals surface area contributed by atoms with E-state index >= 15 is 0 Å². The van der Waals surface area contributed by atoms with Gasteiger partial charge in [0.1, 0.15) is 0 Å². The molecule has 3 rings (SSSR count). The Morgan fingerprint density at radius 3 is 2.21 bits per heavy atom. The summed E-state index contributed by atoms with van der Waals surface area (Å²) in [7, 11) is 0. The van der Waals surface area contributed by atoms with E-state index in [9.17, 15) is 9.59 Å². The van der Waals surface area contributed by atoms with Crippen LogP contribution in [0, 0.1) is 0 Å². The van der Waals surface area contributed by atoms with Gasteiger partial charge >= 0.3 is 0 Å². The lowest BCUT2D eigenvalue weighted by Gasteiger charge is -2.40. The van der Waals surface area contributed by atoms with E-state index in [4.69, 9.17) is 4.74 Å². The van der Waals surface area contributed by atoms with Gasteiger partial charge in [0.05, 0.1) is 19.8 Å². The first-order valence-corrected chi connectivity index (χ1v) is 9.99. The van der Waals surface area contributed by atoms with Crippen LogP contribution >= 0.6 is 0 Å². The largest absolute Gasteiger partial charge is 0.379 e. The highest BCUT2D eigenvalue weighted by Gasteiger charge is 2.28. The number of rotatable bonds is 7. The molecule has 1 heterocycles. The van der Waals surface area contributed by atoms with Gasteiger partial charge in [-0.25, -0.2) is 0 Å². The summed E-state index contributed by atoms with van der Waals surface area (Å²) < 4.78 is 5.38. The number of carbonyl (C=O) groups excluding carboxylic acids is 2. The number of ether oxygens (including phenoxy) is 1. The smallest absolute Gasteiger partial charge is 0.251 e. The number of amides is 2. The van der Waals surface area contributed by atoms with E-state index in [0.29, 0.717) is 12.1 Å². The van der Waals surface area contributed by atoms with E-state index in [-0.39, 0.29) is 23.9 Å². The molecular weight excluding hydrogens is 366 g/mol. The van der Waals surface area contributed by atoms with Gasteiger partial charge in [-0.2, -0.15) is 0 Å². The Balaban J connectivity index is 1.45. The molecule has 0 atom stereocenters. The predicted molar refractivity (Wildman–Crippen MR) is 114 cm³/mol. The van der Waals surface area contributed by atoms with Gasteiger partial charge in [0.15, 0.2) is 0 Å². The van der Waals surface area contributed by atoms with Crippen LogP contribution in [0.25, 0.3) is 11.1 Å². The topological polar surface area (TPSA) is 70.7 Å². The van der Waals surface area contributed by atoms with Gasteiger partial charge in [-0.3, -0.25) is 14.5 Å². The molecule has 0 unspecified atom stereocenters. The number of hydrogen-bond donors (Lipinski definition) is 2. The van der Waals surface area contributed by atoms with Crippen molar-refractivity contribution in [1.29, 1.82) is 0 Å². The van der Waals surface area contributed by atoms with Gasteiger partial charge in [0.25, 0.3) is 5.91 Å². The van der Waals surface area contributed by atoms with E-state index < -0.39 is 0 Å². The van der Waals surface area contributed by atoms with Crippen LogP contribution in [0.2, 0.25) is 0 Å². The van der Waals surface area contributed by atoms with E-state index in [1.807, 2.05) is 42.5 Å². The number of nitrogens with zero attached hydrogens (tertiary/aromatic N) is 1. The minimum Gasteiger partial charge on any atom is -0.379 e. The Kier molecular flexibility index (Phi) is 7.01. The van der Waals surface area contributed by atoms with Crippen LogP contribution < -0.4 is 10.6 Å². The van der Waals surface area contributed by atoms with Gasteiger partial charge in [-0.15, -0.1) is 0 Å². The van der Waals surface area contributed by atoms with Crippen molar-refractivity contribution < 1.29 is 14.3 Å². The van der Waals surface area contributed by atoms with Gasteiger partial charge in [-0.05, 0) is 37.1 Å². The van der Waals surface area contributed by atoms with Crippen molar-refractivity contribution in [3.8, 4) is 11.1 Å². The summed E-state index contributed by atoms with van der Waals surface area (Å²) in [5.41, 5.74) is 2.52. The zero-order valence-corrected chi connectivity index (χ0v) is 17.1. The zero-order chi connectivity index (χ0) is 20.7. The van der Waals surface area contributed by atoms with E-state index in [0.717, 1.165) is 37.4 Å². The fraction of sp³-hybridized carbons (Fsp3) is 0.391. The number of hydrogen-bond acceptors (Lipinski definition) is 4. The lowest BCUT2D eigenvalue weighted by Crippen LogP contribution is -2.56. The van der Waals surface area contributed by atoms with Crippen molar-refractivity contribution in [3.05, 3.63) is 60.2 Å². The van der Waals surface area contributed by atoms with Crippen molar-refractivity contribution in [3.63, 3.8) is 0 Å². The third-order valence-corrected chi connectivity index (χ3v) is 5.25. The number of carbonyl (C=O) groups is 2. The Labute approximate surface area is 172 Å². The SMILES string of the molecule is CC(C)(CNC(=O)CNC(=O)c1ccc(-c2ccccc2)cc1)N1CCOCC1. The minimum atomic E-state index is -0.257. The second-order valence-electron chi connectivity index (χ2n) is 7.81. The van der Waals surface area contributed by atoms with E-state index in [1.165, 1.54) is 0 Å². The summed E-state index contributed by atoms with van der Waals surface area (Å²) in [4.78, 5) is 26.8. The van der Waals surface area contributed by atoms with Crippen LogP contribution in [0.5, 0.6) is 0 Å². The normalized spacial score (nSPS) is 15.0. The molecule has 0 radical (unpaired) electrons. The molecule has 29 heavy (non-hydrogen) atoms. The van der Waals surface area contributed by atoms with E-state index in [1.54, 1.807) is 12.1 Å². The third kappa shape index (κ3) is 5.89. The molecular formula is C23H29N3O3. The molecule has 2 aromatic rings. The predicted octanol–water partition coefficient (Wildman–Crippen LogP) is 2.31. The second-order valence-corrected chi connectivity index (χ2v) is 7.81. The number of morpholine rings is 1. The molecule has 2 amide bonds. The summed E-state index contributed by atoms with van der Waals surface area (Å²) in [5.74, 6) is -0.451. The maximum absolute atomic E-state index is 12.3. The molecule has 6 heteroatoms. The Hall–Kier alpha value is -2.70. The molecule has 6 nitrogen and oxygen atoms in total. The van der Waals surface area contributed by atoms with Gasteiger partial charge in [-0.1, -0.05) is 42.5 Å². The van der Waals surface area contributed by atoms with Crippen LogP contribution in [0.15, 0.2) is 54.6 Å². The average Bonchev–Trinajstić information content (AvgIpc) is 2.77. The first-order valence-electron chi connectivity index (χ1n) is 9.99. The van der Waals surface area contributed by atoms with Crippen molar-refractivity contribution in [2.24, 2.45) is 0 Å². The van der Waals surface area contributed by atoms with Gasteiger partial charge in [0, 0.05) is 30.7 Å². The van der Waals surface area contributed by atoms with Gasteiger partial charge in [0.2, 0.25) is 5.91 Å². The van der Waals surface area contributed by atoms with Crippen LogP contribution in [0.1, 0.15) is 24.2 Å². The lowest BCUT2D eigenvalue weighted by molar-refractivity contribution is -0.120.